The van der Waals surface area contributed by atoms with Crippen LogP contribution in [0.5, 0.6) is 0 Å². The van der Waals surface area contributed by atoms with Crippen LogP contribution in [0.4, 0.5) is 16.0 Å². The van der Waals surface area contributed by atoms with E-state index < -0.39 is 15.8 Å². The normalized spacial score (nSPS) is 15.9. The summed E-state index contributed by atoms with van der Waals surface area (Å²) in [6.07, 6.45) is 2.85. The van der Waals surface area contributed by atoms with Crippen LogP contribution in [0.25, 0.3) is 33.3 Å². The van der Waals surface area contributed by atoms with Crippen molar-refractivity contribution in [3.8, 4) is 11.3 Å². The molecule has 11 heteroatoms. The van der Waals surface area contributed by atoms with Gasteiger partial charge in [0.1, 0.15) is 17.2 Å². The summed E-state index contributed by atoms with van der Waals surface area (Å²) in [7, 11) is -0.558. The van der Waals surface area contributed by atoms with Crippen LogP contribution in [0.1, 0.15) is 34.7 Å². The second-order valence-corrected chi connectivity index (χ2v) is 12.4. The smallest absolute Gasteiger partial charge is 0.255 e. The van der Waals surface area contributed by atoms with Gasteiger partial charge in [-0.2, -0.15) is 0 Å². The fraction of sp³-hybridized carbons (Fsp3) is 0.267. The van der Waals surface area contributed by atoms with Gasteiger partial charge < -0.3 is 19.6 Å². The van der Waals surface area contributed by atoms with Gasteiger partial charge in [-0.15, -0.1) is 0 Å². The van der Waals surface area contributed by atoms with Gasteiger partial charge in [0.2, 0.25) is 16.0 Å². The Labute approximate surface area is 237 Å². The summed E-state index contributed by atoms with van der Waals surface area (Å²) in [6, 6.07) is 17.1. The van der Waals surface area contributed by atoms with Gasteiger partial charge in [-0.1, -0.05) is 12.1 Å². The molecule has 0 aliphatic carbocycles. The molecule has 6 rings (SSSR count). The predicted octanol–water partition coefficient (Wildman–Crippen LogP) is 5.25. The molecular weight excluding hydrogens is 545 g/mol. The number of H-pyrrole nitrogens is 1. The van der Waals surface area contributed by atoms with Crippen molar-refractivity contribution in [2.75, 3.05) is 42.6 Å². The number of furan rings is 1. The number of amides is 1. The molecule has 3 aromatic carbocycles. The molecule has 5 aromatic rings. The Morgan fingerprint density at radius 2 is 1.93 bits per heavy atom. The van der Waals surface area contributed by atoms with Gasteiger partial charge in [0.25, 0.3) is 5.91 Å². The van der Waals surface area contributed by atoms with Gasteiger partial charge in [-0.25, -0.2) is 17.8 Å². The summed E-state index contributed by atoms with van der Waals surface area (Å²) >= 11 is 0. The first-order chi connectivity index (χ1) is 19.6. The van der Waals surface area contributed by atoms with Crippen LogP contribution in [0.2, 0.25) is 0 Å². The van der Waals surface area contributed by atoms with Crippen LogP contribution in [-0.4, -0.2) is 57.7 Å². The van der Waals surface area contributed by atoms with Crippen molar-refractivity contribution in [2.24, 2.45) is 0 Å². The van der Waals surface area contributed by atoms with Gasteiger partial charge in [0, 0.05) is 50.1 Å². The van der Waals surface area contributed by atoms with Gasteiger partial charge in [-0.3, -0.25) is 9.10 Å². The number of para-hydroxylation sites is 2. The minimum atomic E-state index is -3.61. The van der Waals surface area contributed by atoms with E-state index in [0.717, 1.165) is 48.2 Å². The monoisotopic (exact) mass is 575 g/mol. The number of sulfonamides is 1. The lowest BCUT2D eigenvalue weighted by Crippen LogP contribution is -2.36. The molecule has 41 heavy (non-hydrogen) atoms. The first-order valence-electron chi connectivity index (χ1n) is 13.4. The molecule has 0 spiro atoms. The van der Waals surface area contributed by atoms with Gasteiger partial charge in [-0.05, 0) is 60.9 Å². The molecular formula is C30H30FN5O4S. The molecule has 1 fully saturated rings. The number of aromatic nitrogens is 2. The maximum absolute atomic E-state index is 13.7. The van der Waals surface area contributed by atoms with E-state index in [2.05, 4.69) is 15.2 Å². The lowest BCUT2D eigenvalue weighted by atomic mass is 9.88. The third-order valence-electron chi connectivity index (χ3n) is 7.77. The Morgan fingerprint density at radius 3 is 2.63 bits per heavy atom. The van der Waals surface area contributed by atoms with E-state index in [1.165, 1.54) is 30.5 Å². The van der Waals surface area contributed by atoms with Crippen LogP contribution in [0, 0.1) is 5.82 Å². The maximum Gasteiger partial charge on any atom is 0.255 e. The second kappa shape index (κ2) is 10.2. The molecule has 1 saturated heterocycles. The zero-order valence-electron chi connectivity index (χ0n) is 22.9. The first-order valence-corrected chi connectivity index (χ1v) is 15.2. The number of aromatic amines is 1. The van der Waals surface area contributed by atoms with E-state index in [1.54, 1.807) is 18.2 Å². The van der Waals surface area contributed by atoms with E-state index in [1.807, 2.05) is 30.3 Å². The molecule has 0 saturated carbocycles. The van der Waals surface area contributed by atoms with Crippen molar-refractivity contribution in [3.63, 3.8) is 0 Å². The Bertz CT molecular complexity index is 1850. The molecule has 2 aromatic heterocycles. The molecule has 3 heterocycles. The number of nitrogens with zero attached hydrogens (tertiary/aromatic N) is 3. The lowest BCUT2D eigenvalue weighted by Gasteiger charge is -2.34. The van der Waals surface area contributed by atoms with E-state index in [9.17, 15) is 17.6 Å². The van der Waals surface area contributed by atoms with Crippen LogP contribution in [-0.2, 0) is 10.0 Å². The van der Waals surface area contributed by atoms with E-state index in [0.29, 0.717) is 34.3 Å². The van der Waals surface area contributed by atoms with Crippen LogP contribution in [0.15, 0.2) is 65.1 Å². The minimum Gasteiger partial charge on any atom is -0.455 e. The fourth-order valence-electron chi connectivity index (χ4n) is 5.59. The number of hydrogen-bond acceptors (Lipinski definition) is 6. The Hall–Kier alpha value is -4.38. The quantitative estimate of drug-likeness (QED) is 0.286. The summed E-state index contributed by atoms with van der Waals surface area (Å²) in [5.41, 5.74) is 4.32. The molecule has 9 nitrogen and oxygen atoms in total. The molecule has 212 valence electrons. The third-order valence-corrected chi connectivity index (χ3v) is 8.96. The molecule has 1 atom stereocenters. The van der Waals surface area contributed by atoms with Crippen molar-refractivity contribution in [1.29, 1.82) is 0 Å². The first kappa shape index (κ1) is 26.8. The molecule has 0 unspecified atom stereocenters. The minimum absolute atomic E-state index is 0.0535. The zero-order chi connectivity index (χ0) is 28.9. The van der Waals surface area contributed by atoms with Gasteiger partial charge >= 0.3 is 0 Å². The summed E-state index contributed by atoms with van der Waals surface area (Å²) in [4.78, 5) is 23.5. The maximum atomic E-state index is 13.7. The summed E-state index contributed by atoms with van der Waals surface area (Å²) < 4.78 is 46.6. The van der Waals surface area contributed by atoms with Crippen molar-refractivity contribution in [1.82, 2.24) is 15.3 Å². The van der Waals surface area contributed by atoms with Crippen molar-refractivity contribution in [3.05, 3.63) is 77.6 Å². The largest absolute Gasteiger partial charge is 0.455 e. The predicted molar refractivity (Wildman–Crippen MR) is 159 cm³/mol. The highest BCUT2D eigenvalue weighted by atomic mass is 32.2. The number of anilines is 2. The molecule has 1 aliphatic rings. The van der Waals surface area contributed by atoms with E-state index >= 15 is 0 Å². The zero-order valence-corrected chi connectivity index (χ0v) is 23.8. The number of carbonyl (C=O) groups is 1. The van der Waals surface area contributed by atoms with Crippen LogP contribution >= 0.6 is 0 Å². The average molecular weight is 576 g/mol. The number of carbonyl (C=O) groups excluding carboxylic acids is 1. The fourth-order valence-corrected chi connectivity index (χ4v) is 6.11. The number of hydrogen-bond donors (Lipinski definition) is 2. The molecule has 0 radical (unpaired) electrons. The lowest BCUT2D eigenvalue weighted by molar-refractivity contribution is 0.0964. The number of fused-ring (bicyclic) bond motifs is 2. The average Bonchev–Trinajstić information content (AvgIpc) is 3.57. The number of piperidine rings is 1. The van der Waals surface area contributed by atoms with Crippen molar-refractivity contribution >= 4 is 49.6 Å². The van der Waals surface area contributed by atoms with Crippen LogP contribution < -0.4 is 14.5 Å². The molecule has 2 N–H and O–H groups in total. The molecule has 0 bridgehead atoms. The van der Waals surface area contributed by atoms with Gasteiger partial charge in [0.05, 0.1) is 28.5 Å². The summed E-state index contributed by atoms with van der Waals surface area (Å²) in [5.74, 6) is 0.241. The second-order valence-electron chi connectivity index (χ2n) is 10.4. The topological polar surface area (TPSA) is 112 Å². The SMILES string of the molecule is CNC(=O)c1c(-c2ccc(F)cc2)oc2cc(N(C)S(C)(=O)=O)c([C@H]3CCCN(c4nc5ccccc5[nH]4)C3)cc12. The Kier molecular flexibility index (Phi) is 6.69. The highest BCUT2D eigenvalue weighted by molar-refractivity contribution is 7.92. The van der Waals surface area contributed by atoms with Crippen molar-refractivity contribution < 1.29 is 22.0 Å². The Balaban J connectivity index is 1.50. The van der Waals surface area contributed by atoms with E-state index in [4.69, 9.17) is 9.40 Å². The number of imidazole rings is 1. The number of halogens is 1. The van der Waals surface area contributed by atoms with Crippen LogP contribution in [0.3, 0.4) is 0 Å². The highest BCUT2D eigenvalue weighted by Gasteiger charge is 2.31. The summed E-state index contributed by atoms with van der Waals surface area (Å²) in [5, 5.41) is 3.24. The molecule has 1 amide bonds. The number of benzene rings is 3. The number of rotatable bonds is 6. The summed E-state index contributed by atoms with van der Waals surface area (Å²) in [6.45, 7) is 1.41. The molecule has 1 aliphatic heterocycles. The highest BCUT2D eigenvalue weighted by Crippen LogP contribution is 2.42. The van der Waals surface area contributed by atoms with E-state index in [-0.39, 0.29) is 17.6 Å². The number of nitrogens with one attached hydrogen (secondary N) is 2. The van der Waals surface area contributed by atoms with Crippen molar-refractivity contribution in [2.45, 2.75) is 18.8 Å². The third kappa shape index (κ3) is 4.90. The van der Waals surface area contributed by atoms with Gasteiger partial charge in [0.15, 0.2) is 0 Å². The standard InChI is InChI=1S/C30H30FN5O4S/c1-32-29(37)27-22-15-21(19-7-6-14-36(17-19)30-33-23-8-4-5-9-24(23)34-30)25(35(2)41(3,38)39)16-26(22)40-28(27)18-10-12-20(31)13-11-18/h4-5,8-13,15-16,19H,6-7,14,17H2,1-3H3,(H,32,37)(H,33,34)/t19-/m0/s1. The Morgan fingerprint density at radius 1 is 1.17 bits per heavy atom.